The Bertz CT molecular complexity index is 1530. The van der Waals surface area contributed by atoms with Crippen LogP contribution in [0.2, 0.25) is 5.15 Å². The number of benzene rings is 1. The first kappa shape index (κ1) is 23.4. The second kappa shape index (κ2) is 9.23. The highest BCUT2D eigenvalue weighted by Crippen LogP contribution is 2.46. The molecule has 4 aromatic rings. The maximum atomic E-state index is 12.3. The van der Waals surface area contributed by atoms with E-state index < -0.39 is 11.9 Å². The molecule has 1 aliphatic heterocycles. The van der Waals surface area contributed by atoms with Crippen molar-refractivity contribution in [3.63, 3.8) is 0 Å². The highest BCUT2D eigenvalue weighted by molar-refractivity contribution is 6.29. The third-order valence-electron chi connectivity index (χ3n) is 8.58. The molecule has 2 atom stereocenters. The lowest BCUT2D eigenvalue weighted by atomic mass is 9.61. The van der Waals surface area contributed by atoms with Gasteiger partial charge in [0.05, 0.1) is 17.7 Å². The molecule has 0 spiro atoms. The summed E-state index contributed by atoms with van der Waals surface area (Å²) in [6.45, 7) is 1.58. The smallest absolute Gasteiger partial charge is 0.308 e. The molecule has 3 fully saturated rings. The van der Waals surface area contributed by atoms with E-state index in [9.17, 15) is 9.90 Å². The first-order chi connectivity index (χ1) is 18.5. The van der Waals surface area contributed by atoms with Crippen molar-refractivity contribution in [1.29, 1.82) is 0 Å². The Morgan fingerprint density at radius 1 is 1.08 bits per heavy atom. The van der Waals surface area contributed by atoms with Crippen LogP contribution in [0.1, 0.15) is 36.8 Å². The first-order valence-electron chi connectivity index (χ1n) is 13.2. The minimum absolute atomic E-state index is 0.158. The number of halogens is 1. The van der Waals surface area contributed by atoms with Crippen molar-refractivity contribution in [3.8, 4) is 11.4 Å². The van der Waals surface area contributed by atoms with Gasteiger partial charge < -0.3 is 20.3 Å². The number of aromatic amines is 1. The summed E-state index contributed by atoms with van der Waals surface area (Å²) >= 11 is 6.17. The van der Waals surface area contributed by atoms with Gasteiger partial charge in [0.15, 0.2) is 11.5 Å². The molecule has 1 aromatic carbocycles. The Hall–Kier alpha value is -3.72. The Balaban J connectivity index is 1.31. The molecule has 0 unspecified atom stereocenters. The second-order valence-corrected chi connectivity index (χ2v) is 11.1. The van der Waals surface area contributed by atoms with Crippen LogP contribution in [-0.2, 0) is 17.8 Å². The fourth-order valence-corrected chi connectivity index (χ4v) is 6.84. The Labute approximate surface area is 224 Å². The first-order valence-corrected chi connectivity index (χ1v) is 13.6. The Morgan fingerprint density at radius 2 is 1.87 bits per heavy atom. The van der Waals surface area contributed by atoms with Crippen molar-refractivity contribution in [1.82, 2.24) is 24.9 Å². The molecule has 3 N–H and O–H groups in total. The van der Waals surface area contributed by atoms with Crippen molar-refractivity contribution in [2.45, 2.75) is 44.7 Å². The van der Waals surface area contributed by atoms with E-state index in [1.807, 2.05) is 6.07 Å². The maximum Gasteiger partial charge on any atom is 0.308 e. The number of carbonyl (C=O) groups is 1. The highest BCUT2D eigenvalue weighted by Gasteiger charge is 2.47. The number of nitrogens with one attached hydrogen (secondary N) is 2. The predicted octanol–water partition coefficient (Wildman–Crippen LogP) is 4.93. The standard InChI is InChI=1S/C28H28ClN7O2/c29-20-13-31-27-25(32-20)19(12-30-27)26-34-21(33-24-17-7-5-16(6-8-17)23(24)28(37)38)11-22(35-26)36-10-9-15-3-1-2-4-18(15)14-36/h1-4,11-13,16-17,23-24H,5-10,14H2,(H,30,31)(H,37,38)(H,33,34,35)/t16?,17?,23-,24-/m1/s1. The molecule has 3 aliphatic carbocycles. The number of hydrogen-bond donors (Lipinski definition) is 3. The molecule has 10 heteroatoms. The van der Waals surface area contributed by atoms with Crippen molar-refractivity contribution >= 4 is 40.4 Å². The van der Waals surface area contributed by atoms with E-state index in [0.717, 1.165) is 51.0 Å². The zero-order valence-electron chi connectivity index (χ0n) is 20.8. The molecule has 4 heterocycles. The number of carboxylic acid groups (broad SMARTS) is 1. The summed E-state index contributed by atoms with van der Waals surface area (Å²) in [5.74, 6) is 1.33. The zero-order valence-corrected chi connectivity index (χ0v) is 21.5. The van der Waals surface area contributed by atoms with Crippen LogP contribution in [-0.4, -0.2) is 48.6 Å². The summed E-state index contributed by atoms with van der Waals surface area (Å²) in [5.41, 5.74) is 4.56. The summed E-state index contributed by atoms with van der Waals surface area (Å²) in [5, 5.41) is 14.0. The van der Waals surface area contributed by atoms with Gasteiger partial charge in [0.2, 0.25) is 0 Å². The van der Waals surface area contributed by atoms with Crippen LogP contribution in [0.5, 0.6) is 0 Å². The van der Waals surface area contributed by atoms with Gasteiger partial charge in [-0.2, -0.15) is 0 Å². The third kappa shape index (κ3) is 4.05. The quantitative estimate of drug-likeness (QED) is 0.333. The lowest BCUT2D eigenvalue weighted by molar-refractivity contribution is -0.148. The van der Waals surface area contributed by atoms with Gasteiger partial charge in [-0.3, -0.25) is 4.79 Å². The van der Waals surface area contributed by atoms with Crippen LogP contribution in [0, 0.1) is 17.8 Å². The fraction of sp³-hybridized carbons (Fsp3) is 0.393. The van der Waals surface area contributed by atoms with Gasteiger partial charge in [-0.1, -0.05) is 35.9 Å². The molecule has 3 saturated carbocycles. The number of nitrogens with zero attached hydrogens (tertiary/aromatic N) is 5. The van der Waals surface area contributed by atoms with Crippen molar-refractivity contribution in [3.05, 3.63) is 59.0 Å². The number of H-pyrrole nitrogens is 1. The van der Waals surface area contributed by atoms with E-state index >= 15 is 0 Å². The van der Waals surface area contributed by atoms with Gasteiger partial charge >= 0.3 is 5.97 Å². The number of anilines is 2. The molecule has 2 bridgehead atoms. The number of hydrogen-bond acceptors (Lipinski definition) is 7. The van der Waals surface area contributed by atoms with Gasteiger partial charge in [-0.05, 0) is 55.1 Å². The van der Waals surface area contributed by atoms with Crippen LogP contribution in [0.15, 0.2) is 42.7 Å². The molecule has 194 valence electrons. The van der Waals surface area contributed by atoms with Crippen molar-refractivity contribution in [2.75, 3.05) is 16.8 Å². The van der Waals surface area contributed by atoms with E-state index in [1.165, 1.54) is 17.3 Å². The molecule has 3 aromatic heterocycles. The van der Waals surface area contributed by atoms with Gasteiger partial charge in [0, 0.05) is 31.4 Å². The zero-order chi connectivity index (χ0) is 25.8. The summed E-state index contributed by atoms with van der Waals surface area (Å²) in [4.78, 5) is 36.4. The molecule has 0 amide bonds. The molecular formula is C28H28ClN7O2. The molecule has 0 radical (unpaired) electrons. The number of aliphatic carboxylic acids is 1. The van der Waals surface area contributed by atoms with Gasteiger partial charge in [-0.15, -0.1) is 0 Å². The largest absolute Gasteiger partial charge is 0.481 e. The second-order valence-electron chi connectivity index (χ2n) is 10.7. The lowest BCUT2D eigenvalue weighted by Crippen LogP contribution is -2.51. The molecule has 4 aliphatic rings. The van der Waals surface area contributed by atoms with Crippen LogP contribution in [0.25, 0.3) is 22.6 Å². The van der Waals surface area contributed by atoms with Crippen molar-refractivity contribution < 1.29 is 9.90 Å². The van der Waals surface area contributed by atoms with Gasteiger partial charge in [0.1, 0.15) is 22.3 Å². The SMILES string of the molecule is O=C(O)[C@@H]1C2CCC(CC2)[C@H]1Nc1cc(N2CCc3ccccc3C2)nc(-c2c[nH]c3ncc(Cl)nc23)n1. The summed E-state index contributed by atoms with van der Waals surface area (Å²) in [6.07, 6.45) is 8.32. The van der Waals surface area contributed by atoms with Gasteiger partial charge in [-0.25, -0.2) is 19.9 Å². The summed E-state index contributed by atoms with van der Waals surface area (Å²) in [6, 6.07) is 10.3. The topological polar surface area (TPSA) is 120 Å². The highest BCUT2D eigenvalue weighted by atomic mass is 35.5. The number of carboxylic acids is 1. The third-order valence-corrected chi connectivity index (χ3v) is 8.76. The molecule has 38 heavy (non-hydrogen) atoms. The molecular weight excluding hydrogens is 502 g/mol. The van der Waals surface area contributed by atoms with E-state index in [2.05, 4.69) is 49.4 Å². The monoisotopic (exact) mass is 529 g/mol. The van der Waals surface area contributed by atoms with E-state index in [0.29, 0.717) is 39.4 Å². The Morgan fingerprint density at radius 3 is 2.68 bits per heavy atom. The Kier molecular flexibility index (Phi) is 5.69. The van der Waals surface area contributed by atoms with Crippen LogP contribution >= 0.6 is 11.6 Å². The molecule has 8 rings (SSSR count). The van der Waals surface area contributed by atoms with Crippen LogP contribution in [0.4, 0.5) is 11.6 Å². The van der Waals surface area contributed by atoms with E-state index in [-0.39, 0.29) is 12.0 Å². The van der Waals surface area contributed by atoms with Crippen LogP contribution in [0.3, 0.4) is 0 Å². The normalized spacial score (nSPS) is 24.4. The van der Waals surface area contributed by atoms with E-state index in [4.69, 9.17) is 21.6 Å². The molecule has 9 nitrogen and oxygen atoms in total. The average molecular weight is 530 g/mol. The average Bonchev–Trinajstić information content (AvgIpc) is 3.36. The van der Waals surface area contributed by atoms with Gasteiger partial charge in [0.25, 0.3) is 0 Å². The summed E-state index contributed by atoms with van der Waals surface area (Å²) < 4.78 is 0. The van der Waals surface area contributed by atoms with Crippen molar-refractivity contribution in [2.24, 2.45) is 17.8 Å². The number of rotatable bonds is 5. The number of aromatic nitrogens is 5. The summed E-state index contributed by atoms with van der Waals surface area (Å²) in [7, 11) is 0. The minimum Gasteiger partial charge on any atom is -0.481 e. The van der Waals surface area contributed by atoms with Crippen LogP contribution < -0.4 is 10.2 Å². The predicted molar refractivity (Wildman–Crippen MR) is 145 cm³/mol. The minimum atomic E-state index is -0.722. The maximum absolute atomic E-state index is 12.3. The molecule has 0 saturated heterocycles. The number of fused-ring (bicyclic) bond motifs is 5. The fourth-order valence-electron chi connectivity index (χ4n) is 6.71. The lowest BCUT2D eigenvalue weighted by Gasteiger charge is -2.47. The van der Waals surface area contributed by atoms with E-state index in [1.54, 1.807) is 6.20 Å².